The third kappa shape index (κ3) is 2.86. The van der Waals surface area contributed by atoms with E-state index in [9.17, 15) is 18.0 Å². The number of halogens is 4. The molecule has 0 saturated heterocycles. The average molecular weight is 333 g/mol. The Hall–Kier alpha value is -1.63. The molecule has 0 atom stereocenters. The maximum Gasteiger partial charge on any atom is 0.421 e. The van der Waals surface area contributed by atoms with Gasteiger partial charge in [0.25, 0.3) is 5.56 Å². The van der Waals surface area contributed by atoms with Crippen molar-refractivity contribution in [2.45, 2.75) is 6.18 Å². The van der Waals surface area contributed by atoms with E-state index in [2.05, 4.69) is 21.0 Å². The van der Waals surface area contributed by atoms with Crippen LogP contribution in [-0.2, 0) is 13.2 Å². The normalized spacial score (nSPS) is 11.6. The van der Waals surface area contributed by atoms with E-state index in [-0.39, 0.29) is 5.69 Å². The SMILES string of the molecule is Cn1nc(-c2ccc(Br)cc2)cc(C(F)(F)F)c1=O. The number of hydrogen-bond donors (Lipinski definition) is 0. The van der Waals surface area contributed by atoms with Gasteiger partial charge >= 0.3 is 6.18 Å². The Labute approximate surface area is 114 Å². The molecule has 0 aliphatic carbocycles. The monoisotopic (exact) mass is 332 g/mol. The second-order valence-corrected chi connectivity index (χ2v) is 4.79. The van der Waals surface area contributed by atoms with Crippen LogP contribution in [-0.4, -0.2) is 9.78 Å². The first-order valence-electron chi connectivity index (χ1n) is 5.20. The van der Waals surface area contributed by atoms with Gasteiger partial charge < -0.3 is 0 Å². The van der Waals surface area contributed by atoms with Crippen molar-refractivity contribution in [3.8, 4) is 11.3 Å². The van der Waals surface area contributed by atoms with E-state index in [0.717, 1.165) is 10.5 Å². The molecule has 100 valence electrons. The van der Waals surface area contributed by atoms with Crippen molar-refractivity contribution in [3.63, 3.8) is 0 Å². The number of benzene rings is 1. The highest BCUT2D eigenvalue weighted by Crippen LogP contribution is 2.29. The number of aryl methyl sites for hydroxylation is 1. The van der Waals surface area contributed by atoms with Gasteiger partial charge in [-0.2, -0.15) is 18.3 Å². The molecule has 0 bridgehead atoms. The molecule has 0 saturated carbocycles. The number of alkyl halides is 3. The highest BCUT2D eigenvalue weighted by atomic mass is 79.9. The van der Waals surface area contributed by atoms with Crippen molar-refractivity contribution in [3.05, 3.63) is 50.7 Å². The molecular formula is C12H8BrF3N2O. The first-order valence-corrected chi connectivity index (χ1v) is 6.00. The highest BCUT2D eigenvalue weighted by Gasteiger charge is 2.35. The lowest BCUT2D eigenvalue weighted by molar-refractivity contribution is -0.139. The van der Waals surface area contributed by atoms with Gasteiger partial charge in [-0.05, 0) is 18.2 Å². The molecule has 1 heterocycles. The molecule has 0 spiro atoms. The quantitative estimate of drug-likeness (QED) is 0.803. The lowest BCUT2D eigenvalue weighted by Crippen LogP contribution is -2.28. The minimum absolute atomic E-state index is 0.0990. The van der Waals surface area contributed by atoms with E-state index < -0.39 is 17.3 Å². The molecule has 0 fully saturated rings. The maximum atomic E-state index is 12.7. The number of nitrogens with zero attached hydrogens (tertiary/aromatic N) is 2. The van der Waals surface area contributed by atoms with Crippen molar-refractivity contribution >= 4 is 15.9 Å². The van der Waals surface area contributed by atoms with Crippen LogP contribution < -0.4 is 5.56 Å². The van der Waals surface area contributed by atoms with Crippen molar-refractivity contribution in [1.82, 2.24) is 9.78 Å². The predicted molar refractivity (Wildman–Crippen MR) is 67.6 cm³/mol. The Balaban J connectivity index is 2.63. The zero-order valence-electron chi connectivity index (χ0n) is 9.70. The predicted octanol–water partition coefficient (Wildman–Crippen LogP) is 3.23. The summed E-state index contributed by atoms with van der Waals surface area (Å²) in [6.07, 6.45) is -4.69. The van der Waals surface area contributed by atoms with E-state index in [1.54, 1.807) is 24.3 Å². The van der Waals surface area contributed by atoms with Gasteiger partial charge in [-0.3, -0.25) is 4.79 Å². The molecule has 0 amide bonds. The second-order valence-electron chi connectivity index (χ2n) is 3.88. The van der Waals surface area contributed by atoms with Crippen LogP contribution in [0.25, 0.3) is 11.3 Å². The van der Waals surface area contributed by atoms with Gasteiger partial charge in [0.05, 0.1) is 5.69 Å². The topological polar surface area (TPSA) is 34.9 Å². The minimum atomic E-state index is -4.69. The summed E-state index contributed by atoms with van der Waals surface area (Å²) in [6, 6.07) is 7.39. The summed E-state index contributed by atoms with van der Waals surface area (Å²) in [5.41, 5.74) is -1.78. The van der Waals surface area contributed by atoms with Crippen LogP contribution in [0.1, 0.15) is 5.56 Å². The molecule has 19 heavy (non-hydrogen) atoms. The Bertz CT molecular complexity index is 662. The van der Waals surface area contributed by atoms with Gasteiger partial charge in [0.1, 0.15) is 5.56 Å². The van der Waals surface area contributed by atoms with E-state index in [4.69, 9.17) is 0 Å². The fourth-order valence-electron chi connectivity index (χ4n) is 1.57. The second kappa shape index (κ2) is 4.80. The van der Waals surface area contributed by atoms with Crippen LogP contribution in [0.15, 0.2) is 39.6 Å². The Kier molecular flexibility index (Phi) is 3.49. The third-order valence-electron chi connectivity index (χ3n) is 2.51. The van der Waals surface area contributed by atoms with Crippen LogP contribution in [0.5, 0.6) is 0 Å². The summed E-state index contributed by atoms with van der Waals surface area (Å²) in [6.45, 7) is 0. The van der Waals surface area contributed by atoms with Crippen LogP contribution in [0.3, 0.4) is 0 Å². The summed E-state index contributed by atoms with van der Waals surface area (Å²) in [5, 5.41) is 3.84. The zero-order valence-corrected chi connectivity index (χ0v) is 11.3. The van der Waals surface area contributed by atoms with Crippen molar-refractivity contribution in [2.24, 2.45) is 7.05 Å². The molecule has 2 aromatic rings. The lowest BCUT2D eigenvalue weighted by Gasteiger charge is -2.10. The maximum absolute atomic E-state index is 12.7. The van der Waals surface area contributed by atoms with Crippen LogP contribution in [0.4, 0.5) is 13.2 Å². The average Bonchev–Trinajstić information content (AvgIpc) is 2.32. The molecular weight excluding hydrogens is 325 g/mol. The fraction of sp³-hybridized carbons (Fsp3) is 0.167. The van der Waals surface area contributed by atoms with Gasteiger partial charge in [0, 0.05) is 17.1 Å². The molecule has 1 aromatic carbocycles. The van der Waals surface area contributed by atoms with Gasteiger partial charge in [-0.25, -0.2) is 4.68 Å². The first kappa shape index (κ1) is 13.8. The van der Waals surface area contributed by atoms with Crippen LogP contribution >= 0.6 is 15.9 Å². The summed E-state index contributed by atoms with van der Waals surface area (Å²) in [4.78, 5) is 11.4. The zero-order chi connectivity index (χ0) is 14.2. The Morgan fingerprint density at radius 2 is 1.79 bits per heavy atom. The van der Waals surface area contributed by atoms with Crippen LogP contribution in [0.2, 0.25) is 0 Å². The summed E-state index contributed by atoms with van der Waals surface area (Å²) in [5.74, 6) is 0. The smallest absolute Gasteiger partial charge is 0.267 e. The van der Waals surface area contributed by atoms with Crippen LogP contribution in [0, 0.1) is 0 Å². The summed E-state index contributed by atoms with van der Waals surface area (Å²) >= 11 is 3.23. The van der Waals surface area contributed by atoms with E-state index >= 15 is 0 Å². The van der Waals surface area contributed by atoms with Gasteiger partial charge in [0.15, 0.2) is 0 Å². The molecule has 0 radical (unpaired) electrons. The molecule has 7 heteroatoms. The fourth-order valence-corrected chi connectivity index (χ4v) is 1.84. The molecule has 0 unspecified atom stereocenters. The van der Waals surface area contributed by atoms with Crippen molar-refractivity contribution in [1.29, 1.82) is 0 Å². The van der Waals surface area contributed by atoms with E-state index in [1.807, 2.05) is 0 Å². The lowest BCUT2D eigenvalue weighted by atomic mass is 10.1. The highest BCUT2D eigenvalue weighted by molar-refractivity contribution is 9.10. The molecule has 0 aliphatic rings. The standard InChI is InChI=1S/C12H8BrF3N2O/c1-18-11(19)9(12(14,15)16)6-10(17-18)7-2-4-8(13)5-3-7/h2-6H,1H3. The number of hydrogen-bond acceptors (Lipinski definition) is 2. The summed E-state index contributed by atoms with van der Waals surface area (Å²) in [7, 11) is 1.19. The van der Waals surface area contributed by atoms with E-state index in [0.29, 0.717) is 10.2 Å². The van der Waals surface area contributed by atoms with Gasteiger partial charge in [0.2, 0.25) is 0 Å². The molecule has 1 aromatic heterocycles. The van der Waals surface area contributed by atoms with Gasteiger partial charge in [-0.1, -0.05) is 28.1 Å². The first-order chi connectivity index (χ1) is 8.79. The Morgan fingerprint density at radius 3 is 2.32 bits per heavy atom. The molecule has 3 nitrogen and oxygen atoms in total. The number of aromatic nitrogens is 2. The van der Waals surface area contributed by atoms with Crippen molar-refractivity contribution in [2.75, 3.05) is 0 Å². The Morgan fingerprint density at radius 1 is 1.21 bits per heavy atom. The molecule has 2 rings (SSSR count). The largest absolute Gasteiger partial charge is 0.421 e. The molecule has 0 N–H and O–H groups in total. The van der Waals surface area contributed by atoms with Crippen molar-refractivity contribution < 1.29 is 13.2 Å². The summed E-state index contributed by atoms with van der Waals surface area (Å²) < 4.78 is 39.7. The number of rotatable bonds is 1. The third-order valence-corrected chi connectivity index (χ3v) is 3.04. The minimum Gasteiger partial charge on any atom is -0.267 e. The van der Waals surface area contributed by atoms with E-state index in [1.165, 1.54) is 7.05 Å². The molecule has 0 aliphatic heterocycles. The van der Waals surface area contributed by atoms with Gasteiger partial charge in [-0.15, -0.1) is 0 Å².